The molecule has 8 heteroatoms. The van der Waals surface area contributed by atoms with E-state index in [1.807, 2.05) is 6.07 Å². The number of carbonyl (C=O) groups is 2. The first-order valence-electron chi connectivity index (χ1n) is 11.0. The van der Waals surface area contributed by atoms with Crippen molar-refractivity contribution in [2.45, 2.75) is 31.6 Å². The third-order valence-corrected chi connectivity index (χ3v) is 6.81. The lowest BCUT2D eigenvalue weighted by Gasteiger charge is -2.43. The van der Waals surface area contributed by atoms with Crippen molar-refractivity contribution in [1.82, 2.24) is 4.90 Å². The molecule has 0 radical (unpaired) electrons. The number of ether oxygens (including phenoxy) is 2. The number of carboxylic acid groups (broad SMARTS) is 1. The summed E-state index contributed by atoms with van der Waals surface area (Å²) < 4.78 is 16.1. The Labute approximate surface area is 196 Å². The molecule has 2 heterocycles. The fourth-order valence-electron chi connectivity index (χ4n) is 4.69. The number of amides is 1. The molecule has 2 aromatic carbocycles. The Morgan fingerprint density at radius 1 is 1.06 bits per heavy atom. The van der Waals surface area contributed by atoms with Gasteiger partial charge in [0.1, 0.15) is 5.58 Å². The van der Waals surface area contributed by atoms with Crippen LogP contribution >= 0.6 is 0 Å². The number of aryl methyl sites for hydroxylation is 1. The zero-order valence-corrected chi connectivity index (χ0v) is 19.4. The van der Waals surface area contributed by atoms with Gasteiger partial charge in [-0.2, -0.15) is 0 Å². The normalized spacial score (nSPS) is 15.2. The standard InChI is InChI=1S/C26H27NO7/c1-16-18-13-21(32-2)22(33-3)15-20(18)34-24(29)19(16)14-23(28)27-11-9-26(10-12-27,25(30)31)17-7-5-4-6-8-17/h4-8,13,15H,9-12,14H2,1-3H3,(H,30,31)/p-1. The molecule has 8 nitrogen and oxygen atoms in total. The maximum absolute atomic E-state index is 13.1. The summed E-state index contributed by atoms with van der Waals surface area (Å²) in [4.78, 5) is 39.5. The van der Waals surface area contributed by atoms with Crippen molar-refractivity contribution in [3.8, 4) is 11.5 Å². The van der Waals surface area contributed by atoms with Crippen LogP contribution in [0.15, 0.2) is 51.7 Å². The van der Waals surface area contributed by atoms with Crippen LogP contribution in [0.25, 0.3) is 11.0 Å². The molecule has 0 bridgehead atoms. The molecule has 0 aliphatic carbocycles. The average molecular weight is 464 g/mol. The molecule has 1 amide bonds. The number of nitrogens with zero attached hydrogens (tertiary/aromatic N) is 1. The highest BCUT2D eigenvalue weighted by atomic mass is 16.5. The summed E-state index contributed by atoms with van der Waals surface area (Å²) in [5.74, 6) is -0.472. The van der Waals surface area contributed by atoms with Gasteiger partial charge in [-0.1, -0.05) is 30.3 Å². The van der Waals surface area contributed by atoms with Crippen LogP contribution in [0, 0.1) is 6.92 Å². The largest absolute Gasteiger partial charge is 0.549 e. The number of likely N-dealkylation sites (tertiary alicyclic amines) is 1. The highest BCUT2D eigenvalue weighted by Crippen LogP contribution is 2.36. The Morgan fingerprint density at radius 3 is 2.26 bits per heavy atom. The molecule has 1 saturated heterocycles. The van der Waals surface area contributed by atoms with Crippen molar-refractivity contribution in [1.29, 1.82) is 0 Å². The third-order valence-electron chi connectivity index (χ3n) is 6.81. The second-order valence-electron chi connectivity index (χ2n) is 8.49. The van der Waals surface area contributed by atoms with Crippen molar-refractivity contribution in [2.75, 3.05) is 27.3 Å². The number of hydrogen-bond donors (Lipinski definition) is 0. The van der Waals surface area contributed by atoms with E-state index in [1.165, 1.54) is 14.2 Å². The van der Waals surface area contributed by atoms with E-state index in [4.69, 9.17) is 13.9 Å². The topological polar surface area (TPSA) is 109 Å². The van der Waals surface area contributed by atoms with Gasteiger partial charge in [0.05, 0.1) is 32.2 Å². The number of methoxy groups -OCH3 is 2. The minimum atomic E-state index is -1.14. The smallest absolute Gasteiger partial charge is 0.340 e. The summed E-state index contributed by atoms with van der Waals surface area (Å²) in [5, 5.41) is 12.7. The molecule has 3 aromatic rings. The second-order valence-corrected chi connectivity index (χ2v) is 8.49. The van der Waals surface area contributed by atoms with Crippen LogP contribution < -0.4 is 20.2 Å². The molecule has 34 heavy (non-hydrogen) atoms. The first kappa shape index (κ1) is 23.4. The number of rotatable bonds is 6. The number of carboxylic acids is 1. The zero-order valence-electron chi connectivity index (χ0n) is 19.4. The van der Waals surface area contributed by atoms with Crippen molar-refractivity contribution in [2.24, 2.45) is 0 Å². The van der Waals surface area contributed by atoms with Gasteiger partial charge in [-0.05, 0) is 37.0 Å². The maximum atomic E-state index is 13.1. The number of aliphatic carboxylic acids is 1. The quantitative estimate of drug-likeness (QED) is 0.513. The summed E-state index contributed by atoms with van der Waals surface area (Å²) in [6.07, 6.45) is 0.350. The van der Waals surface area contributed by atoms with Gasteiger partial charge in [0.25, 0.3) is 0 Å². The van der Waals surface area contributed by atoms with Gasteiger partial charge in [-0.3, -0.25) is 4.79 Å². The van der Waals surface area contributed by atoms with E-state index in [9.17, 15) is 19.5 Å². The number of benzene rings is 2. The van der Waals surface area contributed by atoms with E-state index < -0.39 is 17.0 Å². The van der Waals surface area contributed by atoms with E-state index in [0.717, 1.165) is 0 Å². The summed E-state index contributed by atoms with van der Waals surface area (Å²) in [5.41, 5.74) is 0.200. The predicted octanol–water partition coefficient (Wildman–Crippen LogP) is 1.97. The van der Waals surface area contributed by atoms with E-state index >= 15 is 0 Å². The first-order chi connectivity index (χ1) is 16.3. The molecule has 0 spiro atoms. The van der Waals surface area contributed by atoms with E-state index in [0.29, 0.717) is 33.6 Å². The predicted molar refractivity (Wildman–Crippen MR) is 123 cm³/mol. The van der Waals surface area contributed by atoms with Gasteiger partial charge >= 0.3 is 5.63 Å². The van der Waals surface area contributed by atoms with E-state index in [2.05, 4.69) is 0 Å². The summed E-state index contributed by atoms with van der Waals surface area (Å²) in [6.45, 7) is 2.27. The molecule has 1 fully saturated rings. The number of piperidine rings is 1. The van der Waals surface area contributed by atoms with Crippen molar-refractivity contribution in [3.63, 3.8) is 0 Å². The molecule has 4 rings (SSSR count). The highest BCUT2D eigenvalue weighted by molar-refractivity contribution is 5.87. The highest BCUT2D eigenvalue weighted by Gasteiger charge is 2.38. The van der Waals surface area contributed by atoms with Crippen LogP contribution in [-0.2, 0) is 21.4 Å². The van der Waals surface area contributed by atoms with Crippen molar-refractivity contribution < 1.29 is 28.6 Å². The van der Waals surface area contributed by atoms with Crippen molar-refractivity contribution in [3.05, 3.63) is 69.6 Å². The minimum absolute atomic E-state index is 0.137. The number of fused-ring (bicyclic) bond motifs is 1. The fourth-order valence-corrected chi connectivity index (χ4v) is 4.69. The van der Waals surface area contributed by atoms with Gasteiger partial charge < -0.3 is 28.7 Å². The molecular formula is C26H26NO7-. The molecule has 0 unspecified atom stereocenters. The van der Waals surface area contributed by atoms with Gasteiger partial charge in [0.15, 0.2) is 11.5 Å². The van der Waals surface area contributed by atoms with Gasteiger partial charge in [0.2, 0.25) is 5.91 Å². The van der Waals surface area contributed by atoms with Crippen LogP contribution in [0.3, 0.4) is 0 Å². The zero-order chi connectivity index (χ0) is 24.5. The molecule has 1 aliphatic rings. The van der Waals surface area contributed by atoms with Crippen LogP contribution in [0.4, 0.5) is 0 Å². The Bertz CT molecular complexity index is 1290. The van der Waals surface area contributed by atoms with Crippen LogP contribution in [0.5, 0.6) is 11.5 Å². The molecule has 1 aliphatic heterocycles. The van der Waals surface area contributed by atoms with Gasteiger partial charge in [0, 0.05) is 30.0 Å². The Kier molecular flexibility index (Phi) is 6.32. The maximum Gasteiger partial charge on any atom is 0.340 e. The molecule has 0 saturated carbocycles. The summed E-state index contributed by atoms with van der Waals surface area (Å²) >= 11 is 0. The van der Waals surface area contributed by atoms with Crippen LogP contribution in [0.1, 0.15) is 29.5 Å². The molecular weight excluding hydrogens is 438 g/mol. The molecule has 0 atom stereocenters. The van der Waals surface area contributed by atoms with Crippen LogP contribution in [-0.4, -0.2) is 44.1 Å². The molecule has 178 valence electrons. The lowest BCUT2D eigenvalue weighted by atomic mass is 9.73. The number of hydrogen-bond acceptors (Lipinski definition) is 7. The van der Waals surface area contributed by atoms with Gasteiger partial charge in [-0.15, -0.1) is 0 Å². The van der Waals surface area contributed by atoms with E-state index in [-0.39, 0.29) is 43.8 Å². The second kappa shape index (κ2) is 9.21. The van der Waals surface area contributed by atoms with Crippen LogP contribution in [0.2, 0.25) is 0 Å². The fraction of sp³-hybridized carbons (Fsp3) is 0.346. The average Bonchev–Trinajstić information content (AvgIpc) is 2.86. The SMILES string of the molecule is COc1cc2oc(=O)c(CC(=O)N3CCC(C(=O)[O-])(c4ccccc4)CC3)c(C)c2cc1OC. The Balaban J connectivity index is 1.57. The Hall–Kier alpha value is -3.81. The van der Waals surface area contributed by atoms with E-state index in [1.54, 1.807) is 48.2 Å². The Morgan fingerprint density at radius 2 is 1.68 bits per heavy atom. The van der Waals surface area contributed by atoms with Crippen molar-refractivity contribution >= 4 is 22.8 Å². The first-order valence-corrected chi connectivity index (χ1v) is 11.0. The third kappa shape index (κ3) is 4.00. The lowest BCUT2D eigenvalue weighted by Crippen LogP contribution is -2.54. The lowest BCUT2D eigenvalue weighted by molar-refractivity contribution is -0.315. The monoisotopic (exact) mass is 464 g/mol. The molecule has 0 N–H and O–H groups in total. The minimum Gasteiger partial charge on any atom is -0.549 e. The summed E-state index contributed by atoms with van der Waals surface area (Å²) in [7, 11) is 3.01. The summed E-state index contributed by atoms with van der Waals surface area (Å²) in [6, 6.07) is 12.3. The van der Waals surface area contributed by atoms with Gasteiger partial charge in [-0.25, -0.2) is 4.79 Å². The molecule has 1 aromatic heterocycles. The number of carbonyl (C=O) groups excluding carboxylic acids is 2.